The number of carbonyl (C=O) groups excluding carboxylic acids is 1. The van der Waals surface area contributed by atoms with Crippen molar-refractivity contribution in [2.45, 2.75) is 71.5 Å². The first-order valence-electron chi connectivity index (χ1n) is 10.2. The number of rotatable bonds is 1. The summed E-state index contributed by atoms with van der Waals surface area (Å²) in [6.07, 6.45) is 6.74. The van der Waals surface area contributed by atoms with E-state index in [2.05, 4.69) is 19.0 Å². The van der Waals surface area contributed by atoms with Gasteiger partial charge in [0.05, 0.1) is 23.0 Å². The molecule has 0 spiro atoms. The zero-order valence-corrected chi connectivity index (χ0v) is 17.3. The number of aliphatic hydroxyl groups is 1. The zero-order chi connectivity index (χ0) is 20.2. The second-order valence-corrected chi connectivity index (χ2v) is 7.80. The summed E-state index contributed by atoms with van der Waals surface area (Å²) in [6, 6.07) is 0. The number of nitrogens with zero attached hydrogens (tertiary/aromatic N) is 1. The number of oxime groups is 1. The van der Waals surface area contributed by atoms with Gasteiger partial charge >= 0.3 is 5.97 Å². The van der Waals surface area contributed by atoms with Crippen LogP contribution in [0.5, 0.6) is 0 Å². The third-order valence-corrected chi connectivity index (χ3v) is 6.84. The quantitative estimate of drug-likeness (QED) is 0.412. The summed E-state index contributed by atoms with van der Waals surface area (Å²) in [5, 5.41) is 19.7. The molecule has 0 radical (unpaired) electrons. The summed E-state index contributed by atoms with van der Waals surface area (Å²) in [5.74, 6) is 1.78. The topological polar surface area (TPSA) is 88.4 Å². The van der Waals surface area contributed by atoms with E-state index < -0.39 is 0 Å². The van der Waals surface area contributed by atoms with E-state index in [1.165, 1.54) is 0 Å². The van der Waals surface area contributed by atoms with Gasteiger partial charge in [0, 0.05) is 13.0 Å². The molecule has 6 nitrogen and oxygen atoms in total. The van der Waals surface area contributed by atoms with Gasteiger partial charge in [0.1, 0.15) is 6.61 Å². The predicted molar refractivity (Wildman–Crippen MR) is 104 cm³/mol. The molecule has 6 atom stereocenters. The van der Waals surface area contributed by atoms with E-state index in [0.29, 0.717) is 30.3 Å². The smallest absolute Gasteiger partial charge is 0.336 e. The molecule has 0 aromatic carbocycles. The number of hydrogen-bond donors (Lipinski definition) is 2. The van der Waals surface area contributed by atoms with Crippen molar-refractivity contribution in [1.29, 1.82) is 0 Å². The van der Waals surface area contributed by atoms with Crippen LogP contribution in [-0.2, 0) is 14.3 Å². The number of ether oxygens (including phenoxy) is 2. The van der Waals surface area contributed by atoms with Crippen LogP contribution in [0.1, 0.15) is 59.8 Å². The summed E-state index contributed by atoms with van der Waals surface area (Å²) in [7, 11) is 1.00. The second kappa shape index (κ2) is 9.20. The van der Waals surface area contributed by atoms with Crippen molar-refractivity contribution in [1.82, 2.24) is 0 Å². The second-order valence-electron chi connectivity index (χ2n) is 7.80. The molecule has 27 heavy (non-hydrogen) atoms. The molecular weight excluding hydrogens is 346 g/mol. The molecule has 2 aliphatic heterocycles. The van der Waals surface area contributed by atoms with Crippen LogP contribution in [0.3, 0.4) is 0 Å². The fraction of sp³-hybridized carbons (Fsp3) is 0.810. The number of cyclic esters (lactones) is 1. The van der Waals surface area contributed by atoms with Gasteiger partial charge in [-0.05, 0) is 62.9 Å². The van der Waals surface area contributed by atoms with Crippen LogP contribution in [0.4, 0.5) is 0 Å². The highest BCUT2D eigenvalue weighted by molar-refractivity contribution is 5.91. The Morgan fingerprint density at radius 2 is 1.93 bits per heavy atom. The summed E-state index contributed by atoms with van der Waals surface area (Å²) in [6.45, 7) is 8.79. The van der Waals surface area contributed by atoms with E-state index in [-0.39, 0.29) is 17.7 Å². The van der Waals surface area contributed by atoms with E-state index in [0.717, 1.165) is 50.5 Å². The number of esters is 1. The number of fused-ring (bicyclic) bond motifs is 3. The highest BCUT2D eigenvalue weighted by Crippen LogP contribution is 2.56. The minimum atomic E-state index is -0.208. The lowest BCUT2D eigenvalue weighted by atomic mass is 9.57. The molecule has 2 saturated carbocycles. The molecule has 2 heterocycles. The Kier molecular flexibility index (Phi) is 7.46. The monoisotopic (exact) mass is 381 g/mol. The third-order valence-electron chi connectivity index (χ3n) is 6.84. The maximum Gasteiger partial charge on any atom is 0.336 e. The number of aliphatic hydroxyl groups excluding tert-OH is 1. The predicted octanol–water partition coefficient (Wildman–Crippen LogP) is 3.55. The standard InChI is InChI=1S/C18H25NO4.C2H6.CH4O/c1-10-11-5-7-18(2)14(12(11)3-4-15(10)19-21)9-16(23-18)13-6-8-22-17(13)20;2*1-2/h6,10-12,14,16,21H,3-5,7-9H2,1-2H3;1-2H3;2H,1H3/b19-15+;;/t10-,11?,12?,14+,16+,18?;;/m1../s1. The number of hydrogen-bond acceptors (Lipinski definition) is 6. The van der Waals surface area contributed by atoms with Gasteiger partial charge in [0.2, 0.25) is 0 Å². The van der Waals surface area contributed by atoms with Crippen LogP contribution in [0.2, 0.25) is 0 Å². The molecule has 0 amide bonds. The average Bonchev–Trinajstić information content (AvgIpc) is 3.28. The van der Waals surface area contributed by atoms with Crippen molar-refractivity contribution in [2.24, 2.45) is 28.8 Å². The minimum Gasteiger partial charge on any atom is -0.458 e. The maximum absolute atomic E-state index is 11.9. The summed E-state index contributed by atoms with van der Waals surface area (Å²) < 4.78 is 11.5. The fourth-order valence-corrected chi connectivity index (χ4v) is 5.57. The molecule has 0 aromatic heterocycles. The first-order chi connectivity index (χ1) is 13.0. The van der Waals surface area contributed by atoms with Crippen molar-refractivity contribution in [3.63, 3.8) is 0 Å². The maximum atomic E-state index is 11.9. The van der Waals surface area contributed by atoms with Gasteiger partial charge in [-0.3, -0.25) is 0 Å². The van der Waals surface area contributed by atoms with Crippen LogP contribution in [0.25, 0.3) is 0 Å². The fourth-order valence-electron chi connectivity index (χ4n) is 5.57. The third kappa shape index (κ3) is 3.92. The molecule has 6 heteroatoms. The van der Waals surface area contributed by atoms with Gasteiger partial charge in [-0.25, -0.2) is 4.79 Å². The SMILES string of the molecule is CC.CO.C[C@H]1/C(=N/O)CCC2C1CCC1(C)O[C@H](C3=CCOC3=O)C[C@@H]21. The van der Waals surface area contributed by atoms with Crippen LogP contribution in [0, 0.1) is 23.7 Å². The van der Waals surface area contributed by atoms with Crippen LogP contribution >= 0.6 is 0 Å². The minimum absolute atomic E-state index is 0.109. The summed E-state index contributed by atoms with van der Waals surface area (Å²) >= 11 is 0. The molecule has 2 aliphatic carbocycles. The van der Waals surface area contributed by atoms with Crippen molar-refractivity contribution in [3.8, 4) is 0 Å². The summed E-state index contributed by atoms with van der Waals surface area (Å²) in [4.78, 5) is 11.9. The number of carbonyl (C=O) groups is 1. The van der Waals surface area contributed by atoms with E-state index >= 15 is 0 Å². The van der Waals surface area contributed by atoms with Crippen molar-refractivity contribution in [2.75, 3.05) is 13.7 Å². The Hall–Kier alpha value is -1.40. The summed E-state index contributed by atoms with van der Waals surface area (Å²) in [5.41, 5.74) is 1.54. The molecule has 2 N–H and O–H groups in total. The van der Waals surface area contributed by atoms with E-state index in [9.17, 15) is 10.0 Å². The molecule has 4 aliphatic rings. The van der Waals surface area contributed by atoms with Gasteiger partial charge in [0.25, 0.3) is 0 Å². The molecule has 1 saturated heterocycles. The van der Waals surface area contributed by atoms with Crippen molar-refractivity contribution in [3.05, 3.63) is 11.6 Å². The lowest BCUT2D eigenvalue weighted by molar-refractivity contribution is -0.138. The van der Waals surface area contributed by atoms with Gasteiger partial charge in [0.15, 0.2) is 0 Å². The molecule has 0 bridgehead atoms. The normalized spacial score (nSPS) is 41.3. The molecule has 4 rings (SSSR count). The Labute approximate surface area is 162 Å². The lowest BCUT2D eigenvalue weighted by Crippen LogP contribution is -2.48. The Morgan fingerprint density at radius 3 is 2.52 bits per heavy atom. The first kappa shape index (κ1) is 21.9. The Balaban J connectivity index is 0.000000614. The lowest BCUT2D eigenvalue weighted by Gasteiger charge is -2.49. The van der Waals surface area contributed by atoms with Gasteiger partial charge in [-0.15, -0.1) is 0 Å². The Morgan fingerprint density at radius 1 is 1.22 bits per heavy atom. The zero-order valence-electron chi connectivity index (χ0n) is 17.3. The van der Waals surface area contributed by atoms with Crippen LogP contribution in [-0.4, -0.2) is 47.4 Å². The molecule has 154 valence electrons. The average molecular weight is 382 g/mol. The van der Waals surface area contributed by atoms with Gasteiger partial charge in [-0.1, -0.05) is 25.9 Å². The van der Waals surface area contributed by atoms with Crippen LogP contribution < -0.4 is 0 Å². The van der Waals surface area contributed by atoms with Crippen molar-refractivity contribution >= 4 is 11.7 Å². The van der Waals surface area contributed by atoms with Crippen molar-refractivity contribution < 1.29 is 24.6 Å². The van der Waals surface area contributed by atoms with Gasteiger partial charge in [-0.2, -0.15) is 0 Å². The van der Waals surface area contributed by atoms with E-state index in [4.69, 9.17) is 14.6 Å². The first-order valence-corrected chi connectivity index (χ1v) is 10.2. The van der Waals surface area contributed by atoms with E-state index in [1.807, 2.05) is 19.9 Å². The molecule has 0 aromatic rings. The molecule has 3 unspecified atom stereocenters. The molecular formula is C21H35NO5. The van der Waals surface area contributed by atoms with Gasteiger partial charge < -0.3 is 19.8 Å². The Bertz CT molecular complexity index is 587. The highest BCUT2D eigenvalue weighted by Gasteiger charge is 2.56. The molecule has 3 fully saturated rings. The van der Waals surface area contributed by atoms with E-state index in [1.54, 1.807) is 0 Å². The van der Waals surface area contributed by atoms with Crippen LogP contribution in [0.15, 0.2) is 16.8 Å². The largest absolute Gasteiger partial charge is 0.458 e. The highest BCUT2D eigenvalue weighted by atomic mass is 16.5.